The number of aliphatic carboxylic acids is 1. The van der Waals surface area contributed by atoms with E-state index in [0.717, 1.165) is 76.3 Å². The average Bonchev–Trinajstić information content (AvgIpc) is 3.53. The Kier molecular flexibility index (Phi) is 12.5. The van der Waals surface area contributed by atoms with Crippen LogP contribution in [-0.4, -0.2) is 44.2 Å². The smallest absolute Gasteiger partial charge is 0.309 e. The molecular formula is C31H52NO5-. The number of nitrogens with zero attached hydrogens (tertiary/aromatic N) is 1. The molecule has 2 aliphatic rings. The molecule has 1 aromatic rings. The monoisotopic (exact) mass is 518 g/mol. The Balaban J connectivity index is 1.57. The first kappa shape index (κ1) is 30.2. The number of hydrogen-bond donors (Lipinski definition) is 4. The number of hydrogen-bond acceptors (Lipinski definition) is 4. The van der Waals surface area contributed by atoms with E-state index in [1.54, 1.807) is 0 Å². The van der Waals surface area contributed by atoms with Crippen LogP contribution in [0, 0.1) is 17.8 Å². The van der Waals surface area contributed by atoms with E-state index in [4.69, 9.17) is 0 Å². The highest BCUT2D eigenvalue weighted by Crippen LogP contribution is 2.50. The van der Waals surface area contributed by atoms with E-state index in [-0.39, 0.29) is 23.9 Å². The van der Waals surface area contributed by atoms with Gasteiger partial charge in [0.1, 0.15) is 0 Å². The van der Waals surface area contributed by atoms with Gasteiger partial charge < -0.3 is 25.4 Å². The number of aliphatic hydroxyl groups is 3. The summed E-state index contributed by atoms with van der Waals surface area (Å²) in [6.07, 6.45) is 16.9. The number of fused-ring (bicyclic) bond motifs is 1. The Morgan fingerprint density at radius 2 is 1.76 bits per heavy atom. The van der Waals surface area contributed by atoms with Crippen molar-refractivity contribution in [1.82, 2.24) is 4.98 Å². The predicted octanol–water partition coefficient (Wildman–Crippen LogP) is 6.18. The summed E-state index contributed by atoms with van der Waals surface area (Å²) in [5.41, 5.74) is 0.165. The topological polar surface area (TPSA) is 112 Å². The van der Waals surface area contributed by atoms with E-state index in [1.807, 2.05) is 18.3 Å². The zero-order valence-corrected chi connectivity index (χ0v) is 23.1. The van der Waals surface area contributed by atoms with Crippen LogP contribution in [0.1, 0.15) is 134 Å². The Morgan fingerprint density at radius 1 is 1.03 bits per heavy atom. The van der Waals surface area contributed by atoms with Crippen LogP contribution in [0.2, 0.25) is 0 Å². The van der Waals surface area contributed by atoms with E-state index in [2.05, 4.69) is 11.9 Å². The van der Waals surface area contributed by atoms with Gasteiger partial charge in [0.25, 0.3) is 0 Å². The van der Waals surface area contributed by atoms with Crippen molar-refractivity contribution in [3.8, 4) is 0 Å². The minimum absolute atomic E-state index is 0.0963. The Hall–Kier alpha value is -1.37. The first-order valence-electron chi connectivity index (χ1n) is 15.2. The molecule has 1 aromatic heterocycles. The third-order valence-corrected chi connectivity index (χ3v) is 9.44. The molecule has 0 saturated heterocycles. The van der Waals surface area contributed by atoms with Gasteiger partial charge in [0, 0.05) is 0 Å². The van der Waals surface area contributed by atoms with Crippen LogP contribution < -0.4 is 4.98 Å². The summed E-state index contributed by atoms with van der Waals surface area (Å²) in [6.45, 7) is 2.21. The average molecular weight is 519 g/mol. The van der Waals surface area contributed by atoms with Crippen molar-refractivity contribution in [1.29, 1.82) is 0 Å². The van der Waals surface area contributed by atoms with Gasteiger partial charge in [-0.1, -0.05) is 76.8 Å². The van der Waals surface area contributed by atoms with Crippen LogP contribution in [0.25, 0.3) is 0 Å². The van der Waals surface area contributed by atoms with Crippen LogP contribution in [0.4, 0.5) is 0 Å². The summed E-state index contributed by atoms with van der Waals surface area (Å²) in [5.74, 6) is -1.58. The lowest BCUT2D eigenvalue weighted by Crippen LogP contribution is -2.42. The lowest BCUT2D eigenvalue weighted by Gasteiger charge is -2.41. The highest BCUT2D eigenvalue weighted by molar-refractivity contribution is 5.71. The second-order valence-corrected chi connectivity index (χ2v) is 12.1. The van der Waals surface area contributed by atoms with Crippen molar-refractivity contribution < 1.29 is 25.2 Å². The van der Waals surface area contributed by atoms with E-state index in [9.17, 15) is 25.2 Å². The summed E-state index contributed by atoms with van der Waals surface area (Å²) >= 11 is 0. The zero-order chi connectivity index (χ0) is 26.7. The maximum atomic E-state index is 12.3. The van der Waals surface area contributed by atoms with E-state index in [0.29, 0.717) is 19.3 Å². The van der Waals surface area contributed by atoms with Gasteiger partial charge in [0.05, 0.1) is 23.7 Å². The highest BCUT2D eigenvalue weighted by Gasteiger charge is 2.47. The van der Waals surface area contributed by atoms with Crippen molar-refractivity contribution in [3.63, 3.8) is 0 Å². The number of aliphatic hydroxyl groups excluding tert-OH is 2. The molecular weight excluding hydrogens is 466 g/mol. The molecule has 37 heavy (non-hydrogen) atoms. The fourth-order valence-corrected chi connectivity index (χ4v) is 7.30. The van der Waals surface area contributed by atoms with Crippen LogP contribution in [0.3, 0.4) is 0 Å². The van der Waals surface area contributed by atoms with Gasteiger partial charge in [0.15, 0.2) is 0 Å². The van der Waals surface area contributed by atoms with Crippen molar-refractivity contribution >= 4 is 5.97 Å². The van der Waals surface area contributed by atoms with Crippen LogP contribution in [-0.2, 0) is 4.79 Å². The second-order valence-electron chi connectivity index (χ2n) is 12.1. The fourth-order valence-electron chi connectivity index (χ4n) is 7.30. The summed E-state index contributed by atoms with van der Waals surface area (Å²) in [6, 6.07) is 3.99. The molecule has 0 aromatic carbocycles. The minimum atomic E-state index is -0.934. The SMILES string of the molecule is CCCCCCCC(O)CCCCCC1CCC(c2ccc[n-]2)C2CCCC2(O)CCC(O)C1C(=O)O. The third kappa shape index (κ3) is 8.83. The molecule has 1 heterocycles. The van der Waals surface area contributed by atoms with Gasteiger partial charge >= 0.3 is 5.97 Å². The number of rotatable bonds is 14. The van der Waals surface area contributed by atoms with Gasteiger partial charge in [0.2, 0.25) is 0 Å². The van der Waals surface area contributed by atoms with Crippen LogP contribution >= 0.6 is 0 Å². The quantitative estimate of drug-likeness (QED) is 0.219. The maximum absolute atomic E-state index is 12.3. The van der Waals surface area contributed by atoms with Crippen LogP contribution in [0.15, 0.2) is 18.3 Å². The van der Waals surface area contributed by atoms with Gasteiger partial charge in [-0.25, -0.2) is 0 Å². The fraction of sp³-hybridized carbons (Fsp3) is 0.839. The maximum Gasteiger partial charge on any atom is 0.309 e. The molecule has 0 amide bonds. The lowest BCUT2D eigenvalue weighted by molar-refractivity contribution is -0.150. The first-order chi connectivity index (χ1) is 17.9. The largest absolute Gasteiger partial charge is 0.667 e. The van der Waals surface area contributed by atoms with Crippen molar-refractivity contribution in [2.24, 2.45) is 17.8 Å². The van der Waals surface area contributed by atoms with Crippen LogP contribution in [0.5, 0.6) is 0 Å². The van der Waals surface area contributed by atoms with E-state index in [1.165, 1.54) is 25.7 Å². The molecule has 6 nitrogen and oxygen atoms in total. The molecule has 7 atom stereocenters. The minimum Gasteiger partial charge on any atom is -0.667 e. The molecule has 2 aliphatic carbocycles. The van der Waals surface area contributed by atoms with Crippen molar-refractivity contribution in [2.45, 2.75) is 146 Å². The van der Waals surface area contributed by atoms with Gasteiger partial charge in [-0.05, 0) is 75.5 Å². The number of unbranched alkanes of at least 4 members (excludes halogenated alkanes) is 6. The standard InChI is InChI=1S/C31H52NO5/c1-2-3-4-5-8-13-24(33)14-9-6-7-12-23-17-18-25(27-16-11-22-32-27)26-15-10-20-31(26,37)21-19-28(34)29(23)30(35)36/h11,16,22-26,28-29,33-34,37H,2-10,12-15,17-21H2,1H3,(H,35,36)/q-1. The number of aromatic nitrogens is 1. The lowest BCUT2D eigenvalue weighted by atomic mass is 9.69. The summed E-state index contributed by atoms with van der Waals surface area (Å²) in [4.78, 5) is 16.9. The summed E-state index contributed by atoms with van der Waals surface area (Å²) < 4.78 is 0. The Bertz CT molecular complexity index is 768. The number of carboxylic acid groups (broad SMARTS) is 1. The molecule has 2 fully saturated rings. The normalized spacial score (nSPS) is 31.6. The molecule has 6 heteroatoms. The number of carbonyl (C=O) groups is 1. The van der Waals surface area contributed by atoms with Gasteiger partial charge in [-0.3, -0.25) is 4.79 Å². The summed E-state index contributed by atoms with van der Waals surface area (Å²) in [5, 5.41) is 42.9. The Morgan fingerprint density at radius 3 is 2.43 bits per heavy atom. The van der Waals surface area contributed by atoms with Gasteiger partial charge in [-0.2, -0.15) is 11.9 Å². The Labute approximate surface area is 224 Å². The second kappa shape index (κ2) is 15.3. The summed E-state index contributed by atoms with van der Waals surface area (Å²) in [7, 11) is 0. The molecule has 2 saturated carbocycles. The molecule has 212 valence electrons. The molecule has 0 spiro atoms. The molecule has 0 radical (unpaired) electrons. The van der Waals surface area contributed by atoms with E-state index < -0.39 is 23.6 Å². The number of carboxylic acids is 1. The molecule has 4 N–H and O–H groups in total. The highest BCUT2D eigenvalue weighted by atomic mass is 16.4. The van der Waals surface area contributed by atoms with Crippen molar-refractivity contribution in [3.05, 3.63) is 24.0 Å². The first-order valence-corrected chi connectivity index (χ1v) is 15.2. The zero-order valence-electron chi connectivity index (χ0n) is 23.1. The van der Waals surface area contributed by atoms with Crippen molar-refractivity contribution in [2.75, 3.05) is 0 Å². The third-order valence-electron chi connectivity index (χ3n) is 9.44. The molecule has 7 unspecified atom stereocenters. The predicted molar refractivity (Wildman–Crippen MR) is 146 cm³/mol. The van der Waals surface area contributed by atoms with Gasteiger partial charge in [-0.15, -0.1) is 0 Å². The molecule has 0 aliphatic heterocycles. The molecule has 3 rings (SSSR count). The molecule has 0 bridgehead atoms. The van der Waals surface area contributed by atoms with E-state index >= 15 is 0 Å².